The molecule has 0 saturated carbocycles. The third kappa shape index (κ3) is 3.16. The first-order valence-corrected chi connectivity index (χ1v) is 11.7. The highest BCUT2D eigenvalue weighted by Gasteiger charge is 2.25. The zero-order chi connectivity index (χ0) is 21.7. The third-order valence-corrected chi connectivity index (χ3v) is 7.13. The maximum Gasteiger partial charge on any atom is 0.162 e. The first-order chi connectivity index (χ1) is 15.7. The number of hydrogen-bond donors (Lipinski definition) is 1. The quantitative estimate of drug-likeness (QED) is 0.404. The van der Waals surface area contributed by atoms with Crippen molar-refractivity contribution in [2.75, 3.05) is 24.7 Å². The van der Waals surface area contributed by atoms with Crippen LogP contribution in [0.5, 0.6) is 0 Å². The zero-order valence-corrected chi connectivity index (χ0v) is 18.8. The van der Waals surface area contributed by atoms with Crippen molar-refractivity contribution < 1.29 is 4.74 Å². The van der Waals surface area contributed by atoms with E-state index in [4.69, 9.17) is 19.7 Å². The number of aromatic amines is 1. The Bertz CT molecular complexity index is 1440. The van der Waals surface area contributed by atoms with Crippen LogP contribution in [0.3, 0.4) is 0 Å². The van der Waals surface area contributed by atoms with Crippen molar-refractivity contribution in [3.8, 4) is 22.0 Å². The van der Waals surface area contributed by atoms with Crippen LogP contribution >= 0.6 is 11.3 Å². The van der Waals surface area contributed by atoms with Crippen LogP contribution in [-0.4, -0.2) is 45.7 Å². The van der Waals surface area contributed by atoms with E-state index < -0.39 is 0 Å². The minimum absolute atomic E-state index is 0.215. The predicted molar refractivity (Wildman–Crippen MR) is 130 cm³/mol. The lowest BCUT2D eigenvalue weighted by atomic mass is 10.1. The Morgan fingerprint density at radius 2 is 2.03 bits per heavy atom. The number of thiophene rings is 1. The number of nitrogens with zero attached hydrogens (tertiary/aromatic N) is 4. The standard InChI is InChI=1S/C25H23N5OS/c1-15-9-13-32-23(15)21-7-6-20-22(27-21)25(30-11-12-31-14-16(30)2)29-24(28-20)18-4-3-5-19-17(18)8-10-26-19/h3-10,13,16,26H,11-12,14H2,1-2H3/t16-/m1/s1. The van der Waals surface area contributed by atoms with Gasteiger partial charge in [-0.25, -0.2) is 15.0 Å². The van der Waals surface area contributed by atoms with Crippen LogP contribution in [0.15, 0.2) is 54.0 Å². The van der Waals surface area contributed by atoms with Crippen molar-refractivity contribution >= 4 is 39.1 Å². The minimum Gasteiger partial charge on any atom is -0.377 e. The number of rotatable bonds is 3. The van der Waals surface area contributed by atoms with Crippen molar-refractivity contribution in [3.05, 3.63) is 59.6 Å². The number of aromatic nitrogens is 4. The number of pyridine rings is 1. The van der Waals surface area contributed by atoms with Crippen LogP contribution in [0, 0.1) is 6.92 Å². The van der Waals surface area contributed by atoms with E-state index in [1.807, 2.05) is 12.3 Å². The summed E-state index contributed by atoms with van der Waals surface area (Å²) in [6.45, 7) is 6.44. The number of aryl methyl sites for hydroxylation is 1. The lowest BCUT2D eigenvalue weighted by Crippen LogP contribution is -2.44. The SMILES string of the molecule is Cc1ccsc1-c1ccc2nc(-c3cccc4[nH]ccc34)nc(N3CCOC[C@H]3C)c2n1. The van der Waals surface area contributed by atoms with Crippen LogP contribution < -0.4 is 4.90 Å². The number of morpholine rings is 1. The number of anilines is 1. The average Bonchev–Trinajstić information content (AvgIpc) is 3.47. The molecule has 0 unspecified atom stereocenters. The van der Waals surface area contributed by atoms with Crippen LogP contribution in [0.4, 0.5) is 5.82 Å². The summed E-state index contributed by atoms with van der Waals surface area (Å²) in [5, 5.41) is 3.23. The maximum atomic E-state index is 5.70. The van der Waals surface area contributed by atoms with Gasteiger partial charge in [-0.05, 0) is 55.1 Å². The molecule has 1 N–H and O–H groups in total. The highest BCUT2D eigenvalue weighted by molar-refractivity contribution is 7.13. The Morgan fingerprint density at radius 3 is 2.88 bits per heavy atom. The van der Waals surface area contributed by atoms with Gasteiger partial charge in [-0.1, -0.05) is 12.1 Å². The Kier molecular flexibility index (Phi) is 4.66. The number of hydrogen-bond acceptors (Lipinski definition) is 6. The highest BCUT2D eigenvalue weighted by atomic mass is 32.1. The van der Waals surface area contributed by atoms with Crippen molar-refractivity contribution in [1.82, 2.24) is 19.9 Å². The summed E-state index contributed by atoms with van der Waals surface area (Å²) in [6.07, 6.45) is 1.96. The molecule has 0 spiro atoms. The molecule has 1 aromatic carbocycles. The molecule has 4 aromatic heterocycles. The van der Waals surface area contributed by atoms with Gasteiger partial charge in [-0.2, -0.15) is 0 Å². The molecule has 0 bridgehead atoms. The van der Waals surface area contributed by atoms with Gasteiger partial charge in [0.2, 0.25) is 0 Å². The summed E-state index contributed by atoms with van der Waals surface area (Å²) >= 11 is 1.72. The first kappa shape index (κ1) is 19.4. The van der Waals surface area contributed by atoms with Crippen molar-refractivity contribution in [2.24, 2.45) is 0 Å². The lowest BCUT2D eigenvalue weighted by Gasteiger charge is -2.34. The second-order valence-electron chi connectivity index (χ2n) is 8.23. The first-order valence-electron chi connectivity index (χ1n) is 10.8. The fourth-order valence-electron chi connectivity index (χ4n) is 4.40. The summed E-state index contributed by atoms with van der Waals surface area (Å²) in [7, 11) is 0. The normalized spacial score (nSPS) is 16.8. The minimum atomic E-state index is 0.215. The molecule has 0 radical (unpaired) electrons. The van der Waals surface area contributed by atoms with Gasteiger partial charge in [0, 0.05) is 29.2 Å². The molecular formula is C25H23N5OS. The molecule has 32 heavy (non-hydrogen) atoms. The van der Waals surface area contributed by atoms with Crippen LogP contribution in [0.25, 0.3) is 43.9 Å². The summed E-state index contributed by atoms with van der Waals surface area (Å²) in [5.74, 6) is 1.60. The molecule has 5 heterocycles. The number of nitrogens with one attached hydrogen (secondary N) is 1. The van der Waals surface area contributed by atoms with E-state index in [9.17, 15) is 0 Å². The van der Waals surface area contributed by atoms with Crippen LogP contribution in [-0.2, 0) is 4.74 Å². The Balaban J connectivity index is 1.60. The van der Waals surface area contributed by atoms with E-state index in [2.05, 4.69) is 65.5 Å². The van der Waals surface area contributed by atoms with Gasteiger partial charge in [-0.3, -0.25) is 0 Å². The van der Waals surface area contributed by atoms with Gasteiger partial charge >= 0.3 is 0 Å². The van der Waals surface area contributed by atoms with Gasteiger partial charge in [0.25, 0.3) is 0 Å². The molecule has 1 fully saturated rings. The molecule has 1 saturated heterocycles. The van der Waals surface area contributed by atoms with E-state index in [-0.39, 0.29) is 6.04 Å². The van der Waals surface area contributed by atoms with Gasteiger partial charge in [0.05, 0.1) is 35.3 Å². The van der Waals surface area contributed by atoms with Gasteiger partial charge in [0.1, 0.15) is 5.52 Å². The zero-order valence-electron chi connectivity index (χ0n) is 18.0. The fourth-order valence-corrected chi connectivity index (χ4v) is 5.30. The van der Waals surface area contributed by atoms with E-state index >= 15 is 0 Å². The smallest absolute Gasteiger partial charge is 0.162 e. The largest absolute Gasteiger partial charge is 0.377 e. The molecule has 6 nitrogen and oxygen atoms in total. The number of H-pyrrole nitrogens is 1. The maximum absolute atomic E-state index is 5.70. The molecule has 7 heteroatoms. The molecule has 6 rings (SSSR count). The second kappa shape index (κ2) is 7.69. The van der Waals surface area contributed by atoms with Gasteiger partial charge in [0.15, 0.2) is 11.6 Å². The molecule has 0 amide bonds. The highest BCUT2D eigenvalue weighted by Crippen LogP contribution is 2.34. The lowest BCUT2D eigenvalue weighted by molar-refractivity contribution is 0.0987. The van der Waals surface area contributed by atoms with Gasteiger partial charge < -0.3 is 14.6 Å². The molecule has 160 valence electrons. The van der Waals surface area contributed by atoms with Crippen molar-refractivity contribution in [2.45, 2.75) is 19.9 Å². The number of benzene rings is 1. The van der Waals surface area contributed by atoms with Gasteiger partial charge in [-0.15, -0.1) is 11.3 Å². The van der Waals surface area contributed by atoms with E-state index in [0.717, 1.165) is 51.4 Å². The summed E-state index contributed by atoms with van der Waals surface area (Å²) in [5.41, 5.74) is 6.00. The average molecular weight is 442 g/mol. The molecular weight excluding hydrogens is 418 g/mol. The molecule has 1 atom stereocenters. The fraction of sp³-hybridized carbons (Fsp3) is 0.240. The van der Waals surface area contributed by atoms with Crippen LogP contribution in [0.1, 0.15) is 12.5 Å². The monoisotopic (exact) mass is 441 g/mol. The van der Waals surface area contributed by atoms with Crippen molar-refractivity contribution in [1.29, 1.82) is 0 Å². The molecule has 1 aliphatic heterocycles. The molecule has 0 aliphatic carbocycles. The Hall–Kier alpha value is -3.29. The molecule has 1 aliphatic rings. The van der Waals surface area contributed by atoms with Crippen LogP contribution in [0.2, 0.25) is 0 Å². The second-order valence-corrected chi connectivity index (χ2v) is 9.15. The van der Waals surface area contributed by atoms with E-state index in [0.29, 0.717) is 13.2 Å². The number of ether oxygens (including phenoxy) is 1. The third-order valence-electron chi connectivity index (χ3n) is 6.09. The predicted octanol–water partition coefficient (Wildman–Crippen LogP) is 5.44. The Morgan fingerprint density at radius 1 is 1.09 bits per heavy atom. The van der Waals surface area contributed by atoms with E-state index in [1.54, 1.807) is 11.3 Å². The van der Waals surface area contributed by atoms with Crippen molar-refractivity contribution in [3.63, 3.8) is 0 Å². The summed E-state index contributed by atoms with van der Waals surface area (Å²) in [4.78, 5) is 21.9. The number of fused-ring (bicyclic) bond motifs is 2. The van der Waals surface area contributed by atoms with E-state index in [1.165, 1.54) is 10.4 Å². The summed E-state index contributed by atoms with van der Waals surface area (Å²) in [6, 6.07) is 14.8. The summed E-state index contributed by atoms with van der Waals surface area (Å²) < 4.78 is 5.70. The topological polar surface area (TPSA) is 66.9 Å². The Labute approximate surface area is 189 Å². The molecule has 5 aromatic rings.